The van der Waals surface area contributed by atoms with Crippen molar-refractivity contribution in [3.05, 3.63) is 54.2 Å². The van der Waals surface area contributed by atoms with Crippen LogP contribution < -0.4 is 5.32 Å². The van der Waals surface area contributed by atoms with Gasteiger partial charge in [-0.1, -0.05) is 12.1 Å². The van der Waals surface area contributed by atoms with Gasteiger partial charge in [0, 0.05) is 7.05 Å². The first-order chi connectivity index (χ1) is 9.25. The van der Waals surface area contributed by atoms with Crippen LogP contribution in [0.2, 0.25) is 0 Å². The van der Waals surface area contributed by atoms with Crippen molar-refractivity contribution in [1.82, 2.24) is 14.9 Å². The van der Waals surface area contributed by atoms with Gasteiger partial charge in [-0.3, -0.25) is 4.79 Å². The van der Waals surface area contributed by atoms with Crippen molar-refractivity contribution in [2.45, 2.75) is 6.54 Å². The molecule has 0 atom stereocenters. The van der Waals surface area contributed by atoms with E-state index in [2.05, 4.69) is 10.3 Å². The zero-order valence-electron chi connectivity index (χ0n) is 10.5. The number of para-hydroxylation sites is 2. The van der Waals surface area contributed by atoms with Gasteiger partial charge in [0.25, 0.3) is 5.91 Å². The molecule has 0 bridgehead atoms. The Hall–Kier alpha value is -2.56. The van der Waals surface area contributed by atoms with Crippen LogP contribution in [0.15, 0.2) is 47.1 Å². The van der Waals surface area contributed by atoms with E-state index in [0.717, 1.165) is 11.0 Å². The van der Waals surface area contributed by atoms with Crippen molar-refractivity contribution < 1.29 is 9.21 Å². The third kappa shape index (κ3) is 2.10. The Labute approximate surface area is 109 Å². The van der Waals surface area contributed by atoms with Crippen LogP contribution in [0.1, 0.15) is 16.4 Å². The second-order valence-electron chi connectivity index (χ2n) is 4.25. The van der Waals surface area contributed by atoms with Gasteiger partial charge in [0.15, 0.2) is 5.82 Å². The van der Waals surface area contributed by atoms with Crippen molar-refractivity contribution in [2.24, 2.45) is 7.05 Å². The van der Waals surface area contributed by atoms with E-state index in [4.69, 9.17) is 4.42 Å². The van der Waals surface area contributed by atoms with Crippen LogP contribution >= 0.6 is 0 Å². The SMILES string of the molecule is Cn1c(C(=O)NCc2ccco2)nc2ccccc21. The maximum atomic E-state index is 12.1. The number of aromatic nitrogens is 2. The van der Waals surface area contributed by atoms with Gasteiger partial charge >= 0.3 is 0 Å². The molecule has 0 fully saturated rings. The summed E-state index contributed by atoms with van der Waals surface area (Å²) in [6.45, 7) is 0.356. The predicted octanol–water partition coefficient (Wildman–Crippen LogP) is 2.10. The number of carbonyl (C=O) groups excluding carboxylic acids is 1. The molecule has 1 amide bonds. The van der Waals surface area contributed by atoms with Gasteiger partial charge in [0.05, 0.1) is 23.8 Å². The van der Waals surface area contributed by atoms with Crippen molar-refractivity contribution >= 4 is 16.9 Å². The Balaban J connectivity index is 1.83. The second kappa shape index (κ2) is 4.61. The molecule has 2 heterocycles. The molecule has 1 N–H and O–H groups in total. The molecule has 0 saturated carbocycles. The number of fused-ring (bicyclic) bond motifs is 1. The Morgan fingerprint density at radius 1 is 1.32 bits per heavy atom. The zero-order valence-corrected chi connectivity index (χ0v) is 10.5. The molecule has 19 heavy (non-hydrogen) atoms. The molecule has 5 heteroatoms. The highest BCUT2D eigenvalue weighted by Gasteiger charge is 2.14. The highest BCUT2D eigenvalue weighted by molar-refractivity contribution is 5.94. The number of rotatable bonds is 3. The molecular formula is C14H13N3O2. The summed E-state index contributed by atoms with van der Waals surface area (Å²) in [5, 5.41) is 2.79. The second-order valence-corrected chi connectivity index (χ2v) is 4.25. The van der Waals surface area contributed by atoms with E-state index in [1.54, 1.807) is 16.9 Å². The average molecular weight is 255 g/mol. The molecule has 0 aliphatic heterocycles. The van der Waals surface area contributed by atoms with Gasteiger partial charge in [-0.25, -0.2) is 4.98 Å². The number of benzene rings is 1. The fourth-order valence-electron chi connectivity index (χ4n) is 2.01. The molecule has 96 valence electrons. The lowest BCUT2D eigenvalue weighted by molar-refractivity contribution is 0.0935. The molecular weight excluding hydrogens is 242 g/mol. The fraction of sp³-hybridized carbons (Fsp3) is 0.143. The first kappa shape index (κ1) is 11.5. The van der Waals surface area contributed by atoms with Crippen LogP contribution in [0.25, 0.3) is 11.0 Å². The number of hydrogen-bond acceptors (Lipinski definition) is 3. The molecule has 0 aliphatic rings. The van der Waals surface area contributed by atoms with Crippen LogP contribution in [0.3, 0.4) is 0 Å². The van der Waals surface area contributed by atoms with E-state index in [0.29, 0.717) is 18.1 Å². The number of imidazole rings is 1. The monoisotopic (exact) mass is 255 g/mol. The van der Waals surface area contributed by atoms with Gasteiger partial charge in [0.2, 0.25) is 0 Å². The first-order valence-electron chi connectivity index (χ1n) is 5.98. The molecule has 0 saturated heterocycles. The number of carbonyl (C=O) groups is 1. The van der Waals surface area contributed by atoms with E-state index < -0.39 is 0 Å². The van der Waals surface area contributed by atoms with Gasteiger partial charge in [-0.15, -0.1) is 0 Å². The third-order valence-corrected chi connectivity index (χ3v) is 2.99. The van der Waals surface area contributed by atoms with Crippen molar-refractivity contribution in [3.8, 4) is 0 Å². The summed E-state index contributed by atoms with van der Waals surface area (Å²) in [5.41, 5.74) is 1.75. The fourth-order valence-corrected chi connectivity index (χ4v) is 2.01. The summed E-state index contributed by atoms with van der Waals surface area (Å²) in [6.07, 6.45) is 1.58. The van der Waals surface area contributed by atoms with Crippen LogP contribution in [-0.4, -0.2) is 15.5 Å². The Morgan fingerprint density at radius 3 is 2.89 bits per heavy atom. The minimum atomic E-state index is -0.213. The zero-order chi connectivity index (χ0) is 13.2. The van der Waals surface area contributed by atoms with E-state index in [1.807, 2.05) is 37.4 Å². The standard InChI is InChI=1S/C14H13N3O2/c1-17-12-7-3-2-6-11(12)16-13(17)14(18)15-9-10-5-4-8-19-10/h2-8H,9H2,1H3,(H,15,18). The summed E-state index contributed by atoms with van der Waals surface area (Å²) in [5.74, 6) is 0.898. The third-order valence-electron chi connectivity index (χ3n) is 2.99. The number of furan rings is 1. The number of nitrogens with zero attached hydrogens (tertiary/aromatic N) is 2. The smallest absolute Gasteiger partial charge is 0.287 e. The molecule has 1 aromatic carbocycles. The maximum Gasteiger partial charge on any atom is 0.287 e. The topological polar surface area (TPSA) is 60.1 Å². The lowest BCUT2D eigenvalue weighted by Gasteiger charge is -2.03. The van der Waals surface area contributed by atoms with E-state index in [9.17, 15) is 4.79 Å². The summed E-state index contributed by atoms with van der Waals surface area (Å²) in [4.78, 5) is 16.4. The largest absolute Gasteiger partial charge is 0.467 e. The Kier molecular flexibility index (Phi) is 2.79. The van der Waals surface area contributed by atoms with Crippen LogP contribution in [0.5, 0.6) is 0 Å². The van der Waals surface area contributed by atoms with Crippen molar-refractivity contribution in [3.63, 3.8) is 0 Å². The minimum absolute atomic E-state index is 0.213. The number of nitrogens with one attached hydrogen (secondary N) is 1. The van der Waals surface area contributed by atoms with Crippen LogP contribution in [0.4, 0.5) is 0 Å². The van der Waals surface area contributed by atoms with Gasteiger partial charge in [0.1, 0.15) is 5.76 Å². The number of hydrogen-bond donors (Lipinski definition) is 1. The lowest BCUT2D eigenvalue weighted by Crippen LogP contribution is -2.25. The quantitative estimate of drug-likeness (QED) is 0.779. The molecule has 0 spiro atoms. The summed E-state index contributed by atoms with van der Waals surface area (Å²) >= 11 is 0. The van der Waals surface area contributed by atoms with E-state index in [-0.39, 0.29) is 5.91 Å². The van der Waals surface area contributed by atoms with Crippen LogP contribution in [-0.2, 0) is 13.6 Å². The highest BCUT2D eigenvalue weighted by Crippen LogP contribution is 2.14. The Morgan fingerprint density at radius 2 is 2.16 bits per heavy atom. The molecule has 3 aromatic rings. The number of aryl methyl sites for hydroxylation is 1. The summed E-state index contributed by atoms with van der Waals surface area (Å²) < 4.78 is 6.95. The lowest BCUT2D eigenvalue weighted by atomic mass is 10.3. The van der Waals surface area contributed by atoms with Gasteiger partial charge < -0.3 is 14.3 Å². The van der Waals surface area contributed by atoms with E-state index >= 15 is 0 Å². The summed E-state index contributed by atoms with van der Waals surface area (Å²) in [7, 11) is 1.83. The van der Waals surface area contributed by atoms with Gasteiger partial charge in [-0.05, 0) is 24.3 Å². The van der Waals surface area contributed by atoms with E-state index in [1.165, 1.54) is 0 Å². The Bertz CT molecular complexity index is 713. The van der Waals surface area contributed by atoms with Crippen molar-refractivity contribution in [2.75, 3.05) is 0 Å². The number of amides is 1. The highest BCUT2D eigenvalue weighted by atomic mass is 16.3. The van der Waals surface area contributed by atoms with Gasteiger partial charge in [-0.2, -0.15) is 0 Å². The molecule has 0 aliphatic carbocycles. The summed E-state index contributed by atoms with van der Waals surface area (Å²) in [6, 6.07) is 11.3. The normalized spacial score (nSPS) is 10.8. The molecule has 0 radical (unpaired) electrons. The minimum Gasteiger partial charge on any atom is -0.467 e. The predicted molar refractivity (Wildman–Crippen MR) is 70.6 cm³/mol. The molecule has 2 aromatic heterocycles. The first-order valence-corrected chi connectivity index (χ1v) is 5.98. The molecule has 0 unspecified atom stereocenters. The maximum absolute atomic E-state index is 12.1. The molecule has 5 nitrogen and oxygen atoms in total. The molecule has 3 rings (SSSR count). The van der Waals surface area contributed by atoms with Crippen LogP contribution in [0, 0.1) is 0 Å². The average Bonchev–Trinajstić information content (AvgIpc) is 3.05. The van der Waals surface area contributed by atoms with Crippen molar-refractivity contribution in [1.29, 1.82) is 0 Å².